The van der Waals surface area contributed by atoms with Crippen LogP contribution in [0.3, 0.4) is 0 Å². The second kappa shape index (κ2) is 5.28. The van der Waals surface area contributed by atoms with Crippen molar-refractivity contribution in [3.63, 3.8) is 0 Å². The molecule has 2 N–H and O–H groups in total. The predicted molar refractivity (Wildman–Crippen MR) is 53.9 cm³/mol. The Hall–Kier alpha value is -1.41. The van der Waals surface area contributed by atoms with Crippen LogP contribution < -0.4 is 5.32 Å². The highest BCUT2D eigenvalue weighted by molar-refractivity contribution is 7.79. The fraction of sp³-hybridized carbons (Fsp3) is 0.222. The van der Waals surface area contributed by atoms with Gasteiger partial charge < -0.3 is 9.87 Å². The topological polar surface area (TPSA) is 66.4 Å². The molecule has 0 saturated carbocycles. The molecule has 0 bridgehead atoms. The summed E-state index contributed by atoms with van der Waals surface area (Å²) < 4.78 is 54.7. The van der Waals surface area contributed by atoms with Crippen LogP contribution in [0.5, 0.6) is 0 Å². The van der Waals surface area contributed by atoms with Gasteiger partial charge in [-0.05, 0) is 24.3 Å². The lowest BCUT2D eigenvalue weighted by Crippen LogP contribution is -2.33. The Kier molecular flexibility index (Phi) is 4.24. The summed E-state index contributed by atoms with van der Waals surface area (Å²) in [6, 6.07) is 4.74. The van der Waals surface area contributed by atoms with Gasteiger partial charge in [-0.15, -0.1) is 0 Å². The van der Waals surface area contributed by atoms with E-state index >= 15 is 0 Å². The molecule has 1 aromatic carbocycles. The van der Waals surface area contributed by atoms with E-state index in [0.717, 1.165) is 0 Å². The van der Waals surface area contributed by atoms with Crippen LogP contribution in [0.25, 0.3) is 0 Å². The molecule has 1 rings (SSSR count). The molecule has 0 aliphatic heterocycles. The number of benzene rings is 1. The molecular formula is C9H8F3NO3S. The van der Waals surface area contributed by atoms with Gasteiger partial charge in [-0.3, -0.25) is 4.79 Å². The van der Waals surface area contributed by atoms with Gasteiger partial charge in [0, 0.05) is 5.56 Å². The van der Waals surface area contributed by atoms with Crippen LogP contribution in [0, 0.1) is 0 Å². The van der Waals surface area contributed by atoms with Gasteiger partial charge >= 0.3 is 6.18 Å². The fourth-order valence-electron chi connectivity index (χ4n) is 1.01. The molecule has 0 saturated heterocycles. The highest BCUT2D eigenvalue weighted by Crippen LogP contribution is 2.13. The fourth-order valence-corrected chi connectivity index (χ4v) is 1.37. The van der Waals surface area contributed by atoms with E-state index in [-0.39, 0.29) is 10.5 Å². The molecule has 0 aromatic heterocycles. The van der Waals surface area contributed by atoms with Crippen molar-refractivity contribution < 1.29 is 26.7 Å². The van der Waals surface area contributed by atoms with Crippen molar-refractivity contribution in [1.29, 1.82) is 0 Å². The molecule has 0 fully saturated rings. The second-order valence-corrected chi connectivity index (χ2v) is 4.04. The Morgan fingerprint density at radius 1 is 1.29 bits per heavy atom. The number of nitrogens with one attached hydrogen (secondary N) is 1. The predicted octanol–water partition coefficient (Wildman–Crippen LogP) is 1.56. The Balaban J connectivity index is 2.67. The molecule has 8 heteroatoms. The number of carbonyl (C=O) groups is 1. The van der Waals surface area contributed by atoms with Gasteiger partial charge in [0.05, 0.1) is 4.90 Å². The Morgan fingerprint density at radius 2 is 1.82 bits per heavy atom. The summed E-state index contributed by atoms with van der Waals surface area (Å²) in [7, 11) is 0. The zero-order valence-corrected chi connectivity index (χ0v) is 9.14. The van der Waals surface area contributed by atoms with Crippen LogP contribution in [0.2, 0.25) is 0 Å². The number of halogens is 3. The van der Waals surface area contributed by atoms with Crippen LogP contribution in [0.4, 0.5) is 13.2 Å². The first-order chi connectivity index (χ1) is 7.79. The maximum atomic E-state index is 11.8. The molecule has 1 unspecified atom stereocenters. The number of carbonyl (C=O) groups excluding carboxylic acids is 1. The molecule has 0 heterocycles. The Labute approximate surface area is 97.1 Å². The Bertz CT molecular complexity index is 430. The zero-order valence-electron chi connectivity index (χ0n) is 8.32. The van der Waals surface area contributed by atoms with Crippen molar-refractivity contribution in [3.05, 3.63) is 29.8 Å². The number of amides is 1. The van der Waals surface area contributed by atoms with Crippen LogP contribution in [0.1, 0.15) is 10.4 Å². The summed E-state index contributed by atoms with van der Waals surface area (Å²) in [4.78, 5) is 11.3. The number of rotatable bonds is 3. The van der Waals surface area contributed by atoms with E-state index in [4.69, 9.17) is 4.55 Å². The molecule has 4 nitrogen and oxygen atoms in total. The van der Waals surface area contributed by atoms with E-state index in [0.29, 0.717) is 0 Å². The van der Waals surface area contributed by atoms with Gasteiger partial charge in [0.15, 0.2) is 11.1 Å². The average Bonchev–Trinajstić information content (AvgIpc) is 2.25. The van der Waals surface area contributed by atoms with Crippen molar-refractivity contribution in [2.45, 2.75) is 11.1 Å². The zero-order chi connectivity index (χ0) is 13.1. The third kappa shape index (κ3) is 4.53. The van der Waals surface area contributed by atoms with Crippen LogP contribution in [0.15, 0.2) is 29.2 Å². The molecule has 0 spiro atoms. The lowest BCUT2D eigenvalue weighted by atomic mass is 10.2. The van der Waals surface area contributed by atoms with Crippen molar-refractivity contribution >= 4 is 17.0 Å². The van der Waals surface area contributed by atoms with Crippen molar-refractivity contribution in [2.75, 3.05) is 6.54 Å². The van der Waals surface area contributed by atoms with Crippen molar-refractivity contribution in [3.8, 4) is 0 Å². The standard InChI is InChI=1S/C9H8F3NO3S/c10-9(11,12)5-13-8(14)6-1-3-7(4-2-6)17(15)16/h1-4H,5H2,(H,13,14)(H,15,16). The highest BCUT2D eigenvalue weighted by Gasteiger charge is 2.27. The Morgan fingerprint density at radius 3 is 2.24 bits per heavy atom. The summed E-state index contributed by atoms with van der Waals surface area (Å²) in [5, 5.41) is 1.69. The maximum Gasteiger partial charge on any atom is 0.405 e. The third-order valence-electron chi connectivity index (χ3n) is 1.77. The van der Waals surface area contributed by atoms with E-state index in [1.807, 2.05) is 0 Å². The monoisotopic (exact) mass is 267 g/mol. The first-order valence-electron chi connectivity index (χ1n) is 4.35. The maximum absolute atomic E-state index is 11.8. The normalized spacial score (nSPS) is 13.2. The van der Waals surface area contributed by atoms with Gasteiger partial charge in [-0.1, -0.05) is 0 Å². The van der Waals surface area contributed by atoms with E-state index in [9.17, 15) is 22.2 Å². The van der Waals surface area contributed by atoms with Crippen LogP contribution in [-0.4, -0.2) is 27.4 Å². The van der Waals surface area contributed by atoms with E-state index in [1.165, 1.54) is 24.3 Å². The summed E-state index contributed by atoms with van der Waals surface area (Å²) in [6.07, 6.45) is -4.47. The molecule has 1 amide bonds. The minimum absolute atomic E-state index is 0.0107. The lowest BCUT2D eigenvalue weighted by Gasteiger charge is -2.08. The molecule has 17 heavy (non-hydrogen) atoms. The molecule has 1 atom stereocenters. The first kappa shape index (κ1) is 13.7. The van der Waals surface area contributed by atoms with E-state index in [2.05, 4.69) is 0 Å². The first-order valence-corrected chi connectivity index (χ1v) is 5.46. The lowest BCUT2D eigenvalue weighted by molar-refractivity contribution is -0.123. The van der Waals surface area contributed by atoms with E-state index < -0.39 is 29.7 Å². The minimum Gasteiger partial charge on any atom is -0.343 e. The van der Waals surface area contributed by atoms with Gasteiger partial charge in [0.1, 0.15) is 6.54 Å². The van der Waals surface area contributed by atoms with Crippen LogP contribution >= 0.6 is 0 Å². The van der Waals surface area contributed by atoms with Gasteiger partial charge in [0.25, 0.3) is 5.91 Å². The highest BCUT2D eigenvalue weighted by atomic mass is 32.2. The molecule has 1 aromatic rings. The van der Waals surface area contributed by atoms with Crippen molar-refractivity contribution in [2.24, 2.45) is 0 Å². The minimum atomic E-state index is -4.47. The average molecular weight is 267 g/mol. The molecule has 0 radical (unpaired) electrons. The summed E-state index contributed by atoms with van der Waals surface area (Å²) in [5.41, 5.74) is -0.0107. The summed E-state index contributed by atoms with van der Waals surface area (Å²) in [6.45, 7) is -1.42. The van der Waals surface area contributed by atoms with Crippen LogP contribution in [-0.2, 0) is 11.1 Å². The largest absolute Gasteiger partial charge is 0.405 e. The molecular weight excluding hydrogens is 259 g/mol. The second-order valence-electron chi connectivity index (χ2n) is 3.07. The quantitative estimate of drug-likeness (QED) is 0.817. The number of hydrogen-bond donors (Lipinski definition) is 2. The molecule has 94 valence electrons. The number of alkyl halides is 3. The molecule has 0 aliphatic rings. The molecule has 0 aliphatic carbocycles. The SMILES string of the molecule is O=C(NCC(F)(F)F)c1ccc(S(=O)O)cc1. The van der Waals surface area contributed by atoms with Gasteiger partial charge in [-0.2, -0.15) is 13.2 Å². The van der Waals surface area contributed by atoms with Crippen molar-refractivity contribution in [1.82, 2.24) is 5.32 Å². The summed E-state index contributed by atoms with van der Waals surface area (Å²) in [5.74, 6) is -0.891. The third-order valence-corrected chi connectivity index (χ3v) is 2.44. The smallest absolute Gasteiger partial charge is 0.343 e. The van der Waals surface area contributed by atoms with Gasteiger partial charge in [-0.25, -0.2) is 4.21 Å². The summed E-state index contributed by atoms with van der Waals surface area (Å²) >= 11 is -2.18. The number of hydrogen-bond acceptors (Lipinski definition) is 2. The van der Waals surface area contributed by atoms with Gasteiger partial charge in [0.2, 0.25) is 0 Å². The van der Waals surface area contributed by atoms with E-state index in [1.54, 1.807) is 5.32 Å².